The van der Waals surface area contributed by atoms with Gasteiger partial charge in [0.25, 0.3) is 6.43 Å². The molecule has 148 valence electrons. The first-order chi connectivity index (χ1) is 12.1. The van der Waals surface area contributed by atoms with Crippen molar-refractivity contribution in [2.75, 3.05) is 13.2 Å². The van der Waals surface area contributed by atoms with Gasteiger partial charge in [-0.05, 0) is 13.8 Å². The highest BCUT2D eigenvalue weighted by molar-refractivity contribution is 7.48. The average molecular weight is 421 g/mol. The van der Waals surface area contributed by atoms with E-state index in [2.05, 4.69) is 5.32 Å². The molecule has 0 aromatic rings. The van der Waals surface area contributed by atoms with Gasteiger partial charge >= 0.3 is 13.9 Å². The Balaban J connectivity index is 1.91. The number of nitrogens with one attached hydrogen (secondary N) is 1. The Morgan fingerprint density at radius 2 is 2.19 bits per heavy atom. The molecular formula is C13H17ClF3N2O6P. The van der Waals surface area contributed by atoms with Crippen molar-refractivity contribution in [2.24, 2.45) is 0 Å². The van der Waals surface area contributed by atoms with E-state index in [4.69, 9.17) is 29.9 Å². The minimum Gasteiger partial charge on any atom is -0.337 e. The first-order valence-corrected chi connectivity index (χ1v) is 9.55. The van der Waals surface area contributed by atoms with E-state index in [0.29, 0.717) is 0 Å². The Labute approximate surface area is 152 Å². The van der Waals surface area contributed by atoms with Gasteiger partial charge in [-0.15, -0.1) is 0 Å². The molecule has 3 aliphatic heterocycles. The smallest absolute Gasteiger partial charge is 0.337 e. The summed E-state index contributed by atoms with van der Waals surface area (Å²) in [6.07, 6.45) is -8.76. The van der Waals surface area contributed by atoms with Crippen LogP contribution in [0.25, 0.3) is 0 Å². The van der Waals surface area contributed by atoms with E-state index in [1.165, 1.54) is 13.8 Å². The summed E-state index contributed by atoms with van der Waals surface area (Å²) in [5.74, 6) is 0. The first kappa shape index (κ1) is 19.9. The summed E-state index contributed by atoms with van der Waals surface area (Å²) in [6, 6.07) is -0.785. The summed E-state index contributed by atoms with van der Waals surface area (Å²) in [7, 11) is -4.27. The van der Waals surface area contributed by atoms with Crippen LogP contribution in [-0.4, -0.2) is 60.7 Å². The number of halogens is 4. The van der Waals surface area contributed by atoms with Crippen LogP contribution in [0, 0.1) is 0 Å². The molecular weight excluding hydrogens is 404 g/mol. The molecule has 2 saturated heterocycles. The molecule has 2 amide bonds. The van der Waals surface area contributed by atoms with Crippen LogP contribution < -0.4 is 5.32 Å². The van der Waals surface area contributed by atoms with Crippen LogP contribution in [0.15, 0.2) is 11.2 Å². The Morgan fingerprint density at radius 3 is 2.81 bits per heavy atom. The molecule has 0 aromatic heterocycles. The highest BCUT2D eigenvalue weighted by Gasteiger charge is 2.68. The molecule has 5 unspecified atom stereocenters. The molecule has 1 N–H and O–H groups in total. The zero-order chi connectivity index (χ0) is 19.3. The molecule has 0 aromatic carbocycles. The van der Waals surface area contributed by atoms with Crippen molar-refractivity contribution < 1.29 is 40.8 Å². The first-order valence-electron chi connectivity index (χ1n) is 7.72. The number of hydrogen-bond donors (Lipinski definition) is 1. The lowest BCUT2D eigenvalue weighted by Gasteiger charge is -2.39. The summed E-state index contributed by atoms with van der Waals surface area (Å²) >= 11 is 5.81. The molecule has 13 heteroatoms. The lowest BCUT2D eigenvalue weighted by Crippen LogP contribution is -2.55. The average Bonchev–Trinajstić information content (AvgIpc) is 2.83. The second-order valence-corrected chi connectivity index (χ2v) is 8.31. The number of alkyl halides is 3. The normalized spacial score (nSPS) is 40.6. The van der Waals surface area contributed by atoms with E-state index in [9.17, 15) is 22.5 Å². The highest BCUT2D eigenvalue weighted by atomic mass is 35.5. The van der Waals surface area contributed by atoms with Crippen molar-refractivity contribution in [3.8, 4) is 0 Å². The van der Waals surface area contributed by atoms with Crippen molar-refractivity contribution in [3.63, 3.8) is 0 Å². The third-order valence-electron chi connectivity index (χ3n) is 3.98. The molecule has 3 heterocycles. The van der Waals surface area contributed by atoms with E-state index in [1.54, 1.807) is 0 Å². The van der Waals surface area contributed by atoms with E-state index < -0.39 is 57.1 Å². The molecule has 3 aliphatic rings. The summed E-state index contributed by atoms with van der Waals surface area (Å²) in [5.41, 5.74) is -2.55. The van der Waals surface area contributed by atoms with E-state index >= 15 is 0 Å². The molecule has 3 rings (SSSR count). The lowest BCUT2D eigenvalue weighted by molar-refractivity contribution is -0.209. The third kappa shape index (κ3) is 3.36. The number of amides is 2. The number of hydrogen-bond acceptors (Lipinski definition) is 6. The SMILES string of the molecule is CC(C)OP1(=O)OCC2(C(F)F)OC(N3C=C(Cl)CNC3=O)C(F)C2O1. The van der Waals surface area contributed by atoms with Crippen LogP contribution in [0.4, 0.5) is 18.0 Å². The number of rotatable bonds is 4. The monoisotopic (exact) mass is 420 g/mol. The maximum absolute atomic E-state index is 15.0. The number of carbonyl (C=O) groups excluding carboxylic acids is 1. The minimum atomic E-state index is -4.27. The van der Waals surface area contributed by atoms with Crippen LogP contribution in [0.5, 0.6) is 0 Å². The Morgan fingerprint density at radius 1 is 1.50 bits per heavy atom. The van der Waals surface area contributed by atoms with Crippen molar-refractivity contribution >= 4 is 25.5 Å². The van der Waals surface area contributed by atoms with Crippen molar-refractivity contribution in [1.29, 1.82) is 0 Å². The number of nitrogens with zero attached hydrogens (tertiary/aromatic N) is 1. The second-order valence-electron chi connectivity index (χ2n) is 6.25. The fourth-order valence-electron chi connectivity index (χ4n) is 2.85. The van der Waals surface area contributed by atoms with Gasteiger partial charge < -0.3 is 10.1 Å². The highest BCUT2D eigenvalue weighted by Crippen LogP contribution is 2.60. The summed E-state index contributed by atoms with van der Waals surface area (Å²) in [6.45, 7) is 2.13. The van der Waals surface area contributed by atoms with Crippen LogP contribution in [0.3, 0.4) is 0 Å². The Hall–Kier alpha value is -0.840. The van der Waals surface area contributed by atoms with Crippen LogP contribution in [0.1, 0.15) is 13.8 Å². The van der Waals surface area contributed by atoms with E-state index in [-0.39, 0.29) is 11.6 Å². The molecule has 0 aliphatic carbocycles. The van der Waals surface area contributed by atoms with Crippen molar-refractivity contribution in [2.45, 2.75) is 50.5 Å². The summed E-state index contributed by atoms with van der Waals surface area (Å²) in [5, 5.41) is 2.49. The third-order valence-corrected chi connectivity index (χ3v) is 5.82. The Kier molecular flexibility index (Phi) is 5.33. The number of carbonyl (C=O) groups is 1. The lowest BCUT2D eigenvalue weighted by atomic mass is 9.97. The van der Waals surface area contributed by atoms with E-state index in [0.717, 1.165) is 11.1 Å². The largest absolute Gasteiger partial charge is 0.475 e. The number of fused-ring (bicyclic) bond motifs is 1. The number of phosphoric acid groups is 1. The predicted octanol–water partition coefficient (Wildman–Crippen LogP) is 2.74. The van der Waals surface area contributed by atoms with Gasteiger partial charge in [0.15, 0.2) is 18.0 Å². The molecule has 0 bridgehead atoms. The van der Waals surface area contributed by atoms with Gasteiger partial charge in [0.2, 0.25) is 0 Å². The van der Waals surface area contributed by atoms with Crippen molar-refractivity contribution in [1.82, 2.24) is 10.2 Å². The fourth-order valence-corrected chi connectivity index (χ4v) is 4.64. The van der Waals surface area contributed by atoms with Crippen LogP contribution >= 0.6 is 19.4 Å². The van der Waals surface area contributed by atoms with Gasteiger partial charge in [0.1, 0.15) is 6.10 Å². The summed E-state index contributed by atoms with van der Waals surface area (Å²) in [4.78, 5) is 12.7. The maximum Gasteiger partial charge on any atom is 0.475 e. The minimum absolute atomic E-state index is 0.0149. The van der Waals surface area contributed by atoms with Gasteiger partial charge in [-0.1, -0.05) is 11.6 Å². The van der Waals surface area contributed by atoms with Crippen molar-refractivity contribution in [3.05, 3.63) is 11.2 Å². The molecule has 0 saturated carbocycles. The zero-order valence-corrected chi connectivity index (χ0v) is 15.4. The van der Waals surface area contributed by atoms with Gasteiger partial charge in [-0.25, -0.2) is 22.5 Å². The number of ether oxygens (including phenoxy) is 1. The second kappa shape index (κ2) is 6.96. The standard InChI is InChI=1S/C13H17ClF3N2O6P/c1-6(2)24-26(21)22-5-13(11(16)17)9(25-26)8(15)10(23-13)19-4-7(14)3-18-12(19)20/h4,6,8-11H,3,5H2,1-2H3,(H,18,20). The molecule has 8 nitrogen and oxygen atoms in total. The van der Waals surface area contributed by atoms with Crippen LogP contribution in [-0.2, 0) is 22.9 Å². The molecule has 26 heavy (non-hydrogen) atoms. The van der Waals surface area contributed by atoms with Gasteiger partial charge in [-0.3, -0.25) is 18.5 Å². The quantitative estimate of drug-likeness (QED) is 0.704. The predicted molar refractivity (Wildman–Crippen MR) is 82.3 cm³/mol. The van der Waals surface area contributed by atoms with E-state index in [1.807, 2.05) is 0 Å². The number of urea groups is 1. The number of phosphoric ester groups is 1. The molecule has 0 radical (unpaired) electrons. The summed E-state index contributed by atoms with van der Waals surface area (Å²) < 4.78 is 74.9. The zero-order valence-electron chi connectivity index (χ0n) is 13.7. The van der Waals surface area contributed by atoms with Crippen LogP contribution in [0.2, 0.25) is 0 Å². The maximum atomic E-state index is 15.0. The van der Waals surface area contributed by atoms with Gasteiger partial charge in [0, 0.05) is 6.20 Å². The molecule has 2 fully saturated rings. The molecule has 5 atom stereocenters. The Bertz CT molecular complexity index is 668. The molecule has 0 spiro atoms. The fraction of sp³-hybridized carbons (Fsp3) is 0.769. The topological polar surface area (TPSA) is 86.3 Å². The van der Waals surface area contributed by atoms with Gasteiger partial charge in [0.05, 0.1) is 24.3 Å². The van der Waals surface area contributed by atoms with Gasteiger partial charge in [-0.2, -0.15) is 0 Å².